The number of thioether (sulfide) groups is 1. The number of carbonyl (C=O) groups excluding carboxylic acids is 2. The first-order valence-electron chi connectivity index (χ1n) is 7.62. The van der Waals surface area contributed by atoms with E-state index in [9.17, 15) is 9.59 Å². The lowest BCUT2D eigenvalue weighted by atomic mass is 10.1. The molecule has 1 aromatic carbocycles. The Morgan fingerprint density at radius 2 is 1.88 bits per heavy atom. The number of hydrogen-bond donors (Lipinski definition) is 0. The molecule has 0 radical (unpaired) electrons. The van der Waals surface area contributed by atoms with Crippen LogP contribution in [0.4, 0.5) is 4.79 Å². The summed E-state index contributed by atoms with van der Waals surface area (Å²) in [6, 6.07) is 6.76. The van der Waals surface area contributed by atoms with Crippen LogP contribution >= 0.6 is 24.0 Å². The van der Waals surface area contributed by atoms with Gasteiger partial charge < -0.3 is 14.5 Å². The van der Waals surface area contributed by atoms with E-state index in [4.69, 9.17) is 17.0 Å². The largest absolute Gasteiger partial charge is 0.415 e. The highest BCUT2D eigenvalue weighted by Gasteiger charge is 2.24. The molecule has 0 bridgehead atoms. The lowest BCUT2D eigenvalue weighted by Gasteiger charge is -2.35. The molecule has 0 spiro atoms. The lowest BCUT2D eigenvalue weighted by molar-refractivity contribution is 0.101. The maximum Gasteiger partial charge on any atom is 0.415 e. The van der Waals surface area contributed by atoms with Crippen LogP contribution in [0.3, 0.4) is 0 Å². The number of para-hydroxylation sites is 1. The molecule has 0 aromatic heterocycles. The van der Waals surface area contributed by atoms with Gasteiger partial charge in [-0.3, -0.25) is 4.79 Å². The molecule has 1 aromatic rings. The highest BCUT2D eigenvalue weighted by atomic mass is 32.2. The van der Waals surface area contributed by atoms with Crippen molar-refractivity contribution in [3.63, 3.8) is 0 Å². The quantitative estimate of drug-likeness (QED) is 0.465. The summed E-state index contributed by atoms with van der Waals surface area (Å²) in [6.07, 6.45) is 1.38. The topological polar surface area (TPSA) is 49.9 Å². The lowest BCUT2D eigenvalue weighted by Crippen LogP contribution is -2.50. The molecule has 2 rings (SSSR count). The second-order valence-electron chi connectivity index (χ2n) is 5.26. The zero-order valence-electron chi connectivity index (χ0n) is 13.6. The van der Waals surface area contributed by atoms with Crippen LogP contribution in [-0.4, -0.2) is 57.9 Å². The van der Waals surface area contributed by atoms with E-state index in [0.29, 0.717) is 37.5 Å². The van der Waals surface area contributed by atoms with E-state index in [1.165, 1.54) is 6.92 Å². The molecule has 1 amide bonds. The normalized spacial score (nSPS) is 14.2. The van der Waals surface area contributed by atoms with Crippen LogP contribution in [0.25, 0.3) is 0 Å². The minimum atomic E-state index is -0.437. The predicted molar refractivity (Wildman–Crippen MR) is 101 cm³/mol. The molecule has 1 aliphatic heterocycles. The van der Waals surface area contributed by atoms with Crippen molar-refractivity contribution in [2.45, 2.75) is 6.92 Å². The Labute approximate surface area is 151 Å². The average molecular weight is 364 g/mol. The summed E-state index contributed by atoms with van der Waals surface area (Å²) < 4.78 is 6.23. The number of rotatable bonds is 4. The molecule has 1 saturated heterocycles. The summed E-state index contributed by atoms with van der Waals surface area (Å²) in [4.78, 5) is 27.6. The number of ketones is 1. The molecule has 1 fully saturated rings. The van der Waals surface area contributed by atoms with Gasteiger partial charge in [0, 0.05) is 31.9 Å². The number of carbonyl (C=O) groups is 2. The Morgan fingerprint density at radius 3 is 2.50 bits per heavy atom. The number of benzene rings is 1. The highest BCUT2D eigenvalue weighted by molar-refractivity contribution is 8.23. The molecule has 0 atom stereocenters. The fourth-order valence-electron chi connectivity index (χ4n) is 2.30. The van der Waals surface area contributed by atoms with Crippen molar-refractivity contribution in [1.29, 1.82) is 0 Å². The van der Waals surface area contributed by atoms with E-state index in [1.54, 1.807) is 40.9 Å². The monoisotopic (exact) mass is 364 g/mol. The van der Waals surface area contributed by atoms with E-state index in [-0.39, 0.29) is 5.78 Å². The van der Waals surface area contributed by atoms with Gasteiger partial charge >= 0.3 is 6.09 Å². The zero-order valence-corrected chi connectivity index (χ0v) is 15.2. The van der Waals surface area contributed by atoms with Crippen molar-refractivity contribution in [3.05, 3.63) is 42.5 Å². The molecule has 0 unspecified atom stereocenters. The third-order valence-electron chi connectivity index (χ3n) is 3.58. The summed E-state index contributed by atoms with van der Waals surface area (Å²) in [5, 5.41) is 0. The van der Waals surface area contributed by atoms with Crippen molar-refractivity contribution in [2.75, 3.05) is 31.9 Å². The molecule has 1 heterocycles. The second-order valence-corrected chi connectivity index (χ2v) is 6.91. The molecule has 128 valence electrons. The van der Waals surface area contributed by atoms with Crippen molar-refractivity contribution in [2.24, 2.45) is 0 Å². The van der Waals surface area contributed by atoms with Crippen LogP contribution in [0, 0.1) is 0 Å². The molecule has 24 heavy (non-hydrogen) atoms. The van der Waals surface area contributed by atoms with Crippen LogP contribution < -0.4 is 4.74 Å². The maximum atomic E-state index is 12.3. The minimum Gasteiger partial charge on any atom is -0.409 e. The minimum absolute atomic E-state index is 0.132. The first-order chi connectivity index (χ1) is 11.5. The number of piperazine rings is 1. The van der Waals surface area contributed by atoms with Gasteiger partial charge in [0.15, 0.2) is 5.78 Å². The first-order valence-corrected chi connectivity index (χ1v) is 9.01. The Morgan fingerprint density at radius 1 is 1.25 bits per heavy atom. The summed E-state index contributed by atoms with van der Waals surface area (Å²) in [7, 11) is 0. The number of ether oxygens (including phenoxy) is 1. The third kappa shape index (κ3) is 4.82. The molecule has 0 N–H and O–H groups in total. The summed E-state index contributed by atoms with van der Waals surface area (Å²) in [6.45, 7) is 7.55. The smallest absolute Gasteiger partial charge is 0.409 e. The first kappa shape index (κ1) is 18.5. The number of thiocarbonyl (C=S) groups is 1. The Bertz CT molecular complexity index is 640. The highest BCUT2D eigenvalue weighted by Crippen LogP contribution is 2.20. The number of nitrogens with zero attached hydrogens (tertiary/aromatic N) is 2. The Hall–Kier alpha value is -1.86. The van der Waals surface area contributed by atoms with Crippen molar-refractivity contribution in [1.82, 2.24) is 9.80 Å². The second kappa shape index (κ2) is 8.84. The van der Waals surface area contributed by atoms with E-state index in [0.717, 1.165) is 10.1 Å². The van der Waals surface area contributed by atoms with Gasteiger partial charge in [-0.2, -0.15) is 0 Å². The predicted octanol–water partition coefficient (Wildman–Crippen LogP) is 3.21. The number of Topliss-reactive ketones (excluding diaryl/α,β-unsaturated/α-hetero) is 1. The molecular weight excluding hydrogens is 344 g/mol. The standard InChI is InChI=1S/C17H20N2O3S2/c1-3-12-24-17(23)19-10-8-18(9-11-19)16(21)22-15-7-5-4-6-14(15)13(2)20/h3-7H,1,8-12H2,2H3. The summed E-state index contributed by atoms with van der Waals surface area (Å²) >= 11 is 6.93. The van der Waals surface area contributed by atoms with Gasteiger partial charge in [-0.1, -0.05) is 42.2 Å². The van der Waals surface area contributed by atoms with Gasteiger partial charge in [0.05, 0.1) is 5.56 Å². The Balaban J connectivity index is 1.91. The van der Waals surface area contributed by atoms with Gasteiger partial charge in [-0.05, 0) is 19.1 Å². The molecule has 5 nitrogen and oxygen atoms in total. The van der Waals surface area contributed by atoms with Gasteiger partial charge in [0.1, 0.15) is 10.1 Å². The van der Waals surface area contributed by atoms with Gasteiger partial charge in [-0.25, -0.2) is 4.79 Å². The average Bonchev–Trinajstić information content (AvgIpc) is 2.60. The van der Waals surface area contributed by atoms with Crippen LogP contribution in [0.15, 0.2) is 36.9 Å². The number of amides is 1. The van der Waals surface area contributed by atoms with Crippen LogP contribution in [-0.2, 0) is 0 Å². The zero-order chi connectivity index (χ0) is 17.5. The molecular formula is C17H20N2O3S2. The van der Waals surface area contributed by atoms with E-state index >= 15 is 0 Å². The maximum absolute atomic E-state index is 12.3. The Kier molecular flexibility index (Phi) is 6.81. The molecule has 7 heteroatoms. The third-order valence-corrected chi connectivity index (χ3v) is 5.10. The fraction of sp³-hybridized carbons (Fsp3) is 0.353. The van der Waals surface area contributed by atoms with Crippen molar-refractivity contribution < 1.29 is 14.3 Å². The SMILES string of the molecule is C=CCSC(=S)N1CCN(C(=O)Oc2ccccc2C(C)=O)CC1. The van der Waals surface area contributed by atoms with Crippen molar-refractivity contribution in [3.8, 4) is 5.75 Å². The van der Waals surface area contributed by atoms with Crippen LogP contribution in [0.5, 0.6) is 5.75 Å². The van der Waals surface area contributed by atoms with Crippen molar-refractivity contribution >= 4 is 40.2 Å². The van der Waals surface area contributed by atoms with E-state index < -0.39 is 6.09 Å². The van der Waals surface area contributed by atoms with E-state index in [2.05, 4.69) is 11.5 Å². The van der Waals surface area contributed by atoms with E-state index in [1.807, 2.05) is 6.08 Å². The summed E-state index contributed by atoms with van der Waals surface area (Å²) in [5.74, 6) is 0.949. The van der Waals surface area contributed by atoms with Crippen LogP contribution in [0.1, 0.15) is 17.3 Å². The van der Waals surface area contributed by atoms with Gasteiger partial charge in [0.25, 0.3) is 0 Å². The summed E-state index contributed by atoms with van der Waals surface area (Å²) in [5.41, 5.74) is 0.409. The van der Waals surface area contributed by atoms with Gasteiger partial charge in [-0.15, -0.1) is 6.58 Å². The fourth-order valence-corrected chi connectivity index (χ4v) is 3.31. The molecule has 1 aliphatic rings. The van der Waals surface area contributed by atoms with Crippen LogP contribution in [0.2, 0.25) is 0 Å². The van der Waals surface area contributed by atoms with Gasteiger partial charge in [0.2, 0.25) is 0 Å². The molecule has 0 aliphatic carbocycles. The molecule has 0 saturated carbocycles. The number of hydrogen-bond acceptors (Lipinski definition) is 5.